The van der Waals surface area contributed by atoms with Crippen LogP contribution in [0, 0.1) is 0 Å². The van der Waals surface area contributed by atoms with Crippen molar-refractivity contribution < 1.29 is 14.7 Å². The molecule has 0 unspecified atom stereocenters. The zero-order chi connectivity index (χ0) is 19.6. The molecule has 1 aromatic carbocycles. The first-order chi connectivity index (χ1) is 13.0. The lowest BCUT2D eigenvalue weighted by atomic mass is 9.93. The number of amides is 2. The zero-order valence-electron chi connectivity index (χ0n) is 15.7. The second-order valence-electron chi connectivity index (χ2n) is 6.69. The Hall–Kier alpha value is -2.61. The van der Waals surface area contributed by atoms with Crippen LogP contribution in [0.4, 0.5) is 0 Å². The Morgan fingerprint density at radius 3 is 2.41 bits per heavy atom. The fourth-order valence-electron chi connectivity index (χ4n) is 2.93. The summed E-state index contributed by atoms with van der Waals surface area (Å²) < 4.78 is 0. The summed E-state index contributed by atoms with van der Waals surface area (Å²) in [7, 11) is 0. The number of aliphatic hydroxyl groups is 1. The van der Waals surface area contributed by atoms with Crippen LogP contribution in [0.2, 0.25) is 0 Å². The van der Waals surface area contributed by atoms with Crippen LogP contribution in [0.1, 0.15) is 48.5 Å². The van der Waals surface area contributed by atoms with Gasteiger partial charge in [-0.25, -0.2) is 4.99 Å². The number of hydrogen-bond donors (Lipinski definition) is 5. The zero-order valence-corrected chi connectivity index (χ0v) is 15.7. The highest BCUT2D eigenvalue weighted by atomic mass is 16.3. The molecule has 6 N–H and O–H groups in total. The van der Waals surface area contributed by atoms with Crippen molar-refractivity contribution in [2.45, 2.75) is 51.3 Å². The van der Waals surface area contributed by atoms with Crippen LogP contribution in [0.15, 0.2) is 29.3 Å². The number of carbonyl (C=O) groups excluding carboxylic acids is 2. The van der Waals surface area contributed by atoms with Crippen molar-refractivity contribution >= 4 is 17.8 Å². The quantitative estimate of drug-likeness (QED) is 0.345. The summed E-state index contributed by atoms with van der Waals surface area (Å²) in [6.45, 7) is 3.08. The lowest BCUT2D eigenvalue weighted by molar-refractivity contribution is -0.117. The van der Waals surface area contributed by atoms with Crippen molar-refractivity contribution in [3.8, 4) is 0 Å². The number of nitrogens with one attached hydrogen (secondary N) is 3. The number of nitrogens with zero attached hydrogens (tertiary/aromatic N) is 1. The van der Waals surface area contributed by atoms with E-state index >= 15 is 0 Å². The van der Waals surface area contributed by atoms with Crippen LogP contribution >= 0.6 is 0 Å². The van der Waals surface area contributed by atoms with Crippen LogP contribution in [-0.4, -0.2) is 48.1 Å². The number of hydrogen-bond acceptors (Lipinski definition) is 4. The number of benzene rings is 1. The van der Waals surface area contributed by atoms with Crippen molar-refractivity contribution in [1.82, 2.24) is 16.0 Å². The van der Waals surface area contributed by atoms with E-state index in [1.54, 1.807) is 12.1 Å². The van der Waals surface area contributed by atoms with Crippen molar-refractivity contribution in [2.24, 2.45) is 10.7 Å². The molecule has 1 fully saturated rings. The van der Waals surface area contributed by atoms with E-state index in [9.17, 15) is 14.7 Å². The largest absolute Gasteiger partial charge is 0.393 e. The topological polar surface area (TPSA) is 129 Å². The van der Waals surface area contributed by atoms with E-state index in [1.165, 1.54) is 0 Å². The number of aliphatic hydroxyl groups excluding tert-OH is 1. The van der Waals surface area contributed by atoms with Gasteiger partial charge in [0.15, 0.2) is 5.96 Å². The number of guanidine groups is 1. The monoisotopic (exact) mass is 375 g/mol. The Balaban J connectivity index is 1.90. The molecule has 2 rings (SSSR count). The van der Waals surface area contributed by atoms with E-state index in [0.717, 1.165) is 43.8 Å². The number of nitrogens with two attached hydrogens (primary N) is 1. The van der Waals surface area contributed by atoms with Gasteiger partial charge in [0.25, 0.3) is 5.91 Å². The maximum absolute atomic E-state index is 11.9. The summed E-state index contributed by atoms with van der Waals surface area (Å²) >= 11 is 0. The Morgan fingerprint density at radius 1 is 1.15 bits per heavy atom. The minimum atomic E-state index is -0.578. The Morgan fingerprint density at radius 2 is 1.81 bits per heavy atom. The highest BCUT2D eigenvalue weighted by Crippen LogP contribution is 2.18. The first-order valence-electron chi connectivity index (χ1n) is 9.36. The van der Waals surface area contributed by atoms with E-state index < -0.39 is 5.91 Å². The van der Waals surface area contributed by atoms with Crippen LogP contribution in [0.5, 0.6) is 0 Å². The first-order valence-corrected chi connectivity index (χ1v) is 9.36. The van der Waals surface area contributed by atoms with Crippen LogP contribution < -0.4 is 21.7 Å². The molecule has 1 aromatic rings. The van der Waals surface area contributed by atoms with Gasteiger partial charge >= 0.3 is 0 Å². The third-order valence-electron chi connectivity index (χ3n) is 4.44. The van der Waals surface area contributed by atoms with Crippen LogP contribution in [0.3, 0.4) is 0 Å². The highest BCUT2D eigenvalue weighted by Gasteiger charge is 2.19. The third-order valence-corrected chi connectivity index (χ3v) is 4.44. The first kappa shape index (κ1) is 20.7. The van der Waals surface area contributed by atoms with Crippen LogP contribution in [-0.2, 0) is 11.3 Å². The minimum absolute atomic E-state index is 0.179. The van der Waals surface area contributed by atoms with Crippen molar-refractivity contribution in [3.05, 3.63) is 35.4 Å². The van der Waals surface area contributed by atoms with E-state index in [-0.39, 0.29) is 18.6 Å². The summed E-state index contributed by atoms with van der Waals surface area (Å²) in [5.74, 6) is -0.161. The van der Waals surface area contributed by atoms with Gasteiger partial charge in [0, 0.05) is 18.2 Å². The fourth-order valence-corrected chi connectivity index (χ4v) is 2.93. The normalized spacial score (nSPS) is 20.0. The molecule has 0 heterocycles. The molecular formula is C19H29N5O3. The van der Waals surface area contributed by atoms with Gasteiger partial charge in [-0.3, -0.25) is 9.59 Å². The van der Waals surface area contributed by atoms with Gasteiger partial charge in [-0.15, -0.1) is 0 Å². The summed E-state index contributed by atoms with van der Waals surface area (Å²) in [4.78, 5) is 27.2. The Labute approximate surface area is 159 Å². The predicted molar refractivity (Wildman–Crippen MR) is 104 cm³/mol. The maximum Gasteiger partial charge on any atom is 0.251 e. The van der Waals surface area contributed by atoms with E-state index in [4.69, 9.17) is 5.73 Å². The lowest BCUT2D eigenvalue weighted by Crippen LogP contribution is -2.45. The SMILES string of the molecule is CCNC(=NCc1ccc(C(=O)NCC(N)=O)cc1)NC1CCC(O)CC1. The number of carbonyl (C=O) groups is 2. The second kappa shape index (κ2) is 10.5. The molecule has 1 aliphatic carbocycles. The maximum atomic E-state index is 11.9. The molecule has 27 heavy (non-hydrogen) atoms. The smallest absolute Gasteiger partial charge is 0.251 e. The Bertz CT molecular complexity index is 652. The molecule has 148 valence electrons. The molecule has 0 saturated heterocycles. The number of aliphatic imine (C=N–C) groups is 1. The summed E-state index contributed by atoms with van der Waals surface area (Å²) in [6, 6.07) is 7.39. The molecular weight excluding hydrogens is 346 g/mol. The number of primary amides is 1. The molecule has 0 spiro atoms. The molecule has 0 aliphatic heterocycles. The fraction of sp³-hybridized carbons (Fsp3) is 0.526. The molecule has 0 atom stereocenters. The van der Waals surface area contributed by atoms with Gasteiger partial charge in [0.2, 0.25) is 5.91 Å². The summed E-state index contributed by atoms with van der Waals surface area (Å²) in [6.07, 6.45) is 3.31. The number of rotatable bonds is 7. The van der Waals surface area contributed by atoms with Gasteiger partial charge in [0.1, 0.15) is 0 Å². The van der Waals surface area contributed by atoms with Crippen molar-refractivity contribution in [1.29, 1.82) is 0 Å². The molecule has 1 aliphatic rings. The van der Waals surface area contributed by atoms with Gasteiger partial charge in [-0.1, -0.05) is 12.1 Å². The van der Waals surface area contributed by atoms with Crippen molar-refractivity contribution in [3.63, 3.8) is 0 Å². The van der Waals surface area contributed by atoms with Gasteiger partial charge in [0.05, 0.1) is 19.2 Å². The van der Waals surface area contributed by atoms with Gasteiger partial charge in [-0.2, -0.15) is 0 Å². The standard InChI is InChI=1S/C19H29N5O3/c1-2-21-19(24-15-7-9-16(25)10-8-15)23-11-13-3-5-14(6-4-13)18(27)22-12-17(20)26/h3-6,15-16,25H,2,7-12H2,1H3,(H2,20,26)(H,22,27)(H2,21,23,24). The van der Waals surface area contributed by atoms with E-state index in [1.807, 2.05) is 19.1 Å². The van der Waals surface area contributed by atoms with Crippen molar-refractivity contribution in [2.75, 3.05) is 13.1 Å². The molecule has 8 nitrogen and oxygen atoms in total. The molecule has 0 bridgehead atoms. The molecule has 0 radical (unpaired) electrons. The lowest BCUT2D eigenvalue weighted by Gasteiger charge is -2.27. The summed E-state index contributed by atoms with van der Waals surface area (Å²) in [5, 5.41) is 18.7. The van der Waals surface area contributed by atoms with E-state index in [0.29, 0.717) is 18.2 Å². The highest BCUT2D eigenvalue weighted by molar-refractivity contribution is 5.96. The molecule has 0 aromatic heterocycles. The van der Waals surface area contributed by atoms with E-state index in [2.05, 4.69) is 20.9 Å². The van der Waals surface area contributed by atoms with Gasteiger partial charge in [-0.05, 0) is 50.3 Å². The Kier molecular flexibility index (Phi) is 8.06. The predicted octanol–water partition coefficient (Wildman–Crippen LogP) is 0.260. The summed E-state index contributed by atoms with van der Waals surface area (Å²) in [5.41, 5.74) is 6.45. The average Bonchev–Trinajstić information content (AvgIpc) is 2.66. The molecule has 8 heteroatoms. The van der Waals surface area contributed by atoms with Gasteiger partial charge < -0.3 is 26.8 Å². The second-order valence-corrected chi connectivity index (χ2v) is 6.69. The molecule has 1 saturated carbocycles. The van der Waals surface area contributed by atoms with Crippen LogP contribution in [0.25, 0.3) is 0 Å². The molecule has 2 amide bonds. The average molecular weight is 375 g/mol. The minimum Gasteiger partial charge on any atom is -0.393 e. The third kappa shape index (κ3) is 7.26.